The van der Waals surface area contributed by atoms with E-state index in [0.717, 1.165) is 5.56 Å². The molecule has 8 nitrogen and oxygen atoms in total. The predicted octanol–water partition coefficient (Wildman–Crippen LogP) is 5.85. The summed E-state index contributed by atoms with van der Waals surface area (Å²) in [6, 6.07) is 23.5. The molecule has 0 spiro atoms. The highest BCUT2D eigenvalue weighted by atomic mass is 35.5. The van der Waals surface area contributed by atoms with Crippen molar-refractivity contribution in [2.45, 2.75) is 6.61 Å². The lowest BCUT2D eigenvalue weighted by molar-refractivity contribution is -0.384. The molecule has 1 amide bonds. The number of para-hydroxylation sites is 1. The lowest BCUT2D eigenvalue weighted by Gasteiger charge is -2.11. The van der Waals surface area contributed by atoms with Crippen LogP contribution in [0.5, 0.6) is 5.75 Å². The van der Waals surface area contributed by atoms with Gasteiger partial charge in [-0.15, -0.1) is 0 Å². The Morgan fingerprint density at radius 3 is 2.53 bits per heavy atom. The van der Waals surface area contributed by atoms with Gasteiger partial charge in [0, 0.05) is 28.3 Å². The molecular weight excluding hydrogens is 458 g/mol. The molecule has 0 aliphatic heterocycles. The van der Waals surface area contributed by atoms with Crippen molar-refractivity contribution in [1.82, 2.24) is 5.43 Å². The fourth-order valence-corrected chi connectivity index (χ4v) is 3.28. The number of halogens is 1. The second-order valence-corrected chi connectivity index (χ2v) is 7.49. The summed E-state index contributed by atoms with van der Waals surface area (Å²) >= 11 is 6.17. The standard InChI is InChI=1S/C25H18ClN3O5/c26-22-7-3-1-5-18(22)16-33-24-8-4-2-6-21(24)25(30)28-27-15-20-13-14-23(34-20)17-9-11-19(12-10-17)29(31)32/h1-15H,16H2,(H,28,30)/b27-15+. The Morgan fingerprint density at radius 2 is 1.76 bits per heavy atom. The number of nitrogens with one attached hydrogen (secondary N) is 1. The summed E-state index contributed by atoms with van der Waals surface area (Å²) in [5, 5.41) is 15.3. The Balaban J connectivity index is 1.39. The highest BCUT2D eigenvalue weighted by Gasteiger charge is 2.12. The lowest BCUT2D eigenvalue weighted by Crippen LogP contribution is -2.18. The largest absolute Gasteiger partial charge is 0.488 e. The number of hydrogen-bond donors (Lipinski definition) is 1. The Morgan fingerprint density at radius 1 is 1.03 bits per heavy atom. The van der Waals surface area contributed by atoms with Gasteiger partial charge in [-0.25, -0.2) is 5.43 Å². The molecule has 4 rings (SSSR count). The summed E-state index contributed by atoms with van der Waals surface area (Å²) in [6.45, 7) is 0.213. The van der Waals surface area contributed by atoms with Crippen LogP contribution in [0.4, 0.5) is 5.69 Å². The summed E-state index contributed by atoms with van der Waals surface area (Å²) in [5.74, 6) is 0.861. The molecule has 0 bridgehead atoms. The molecule has 0 fully saturated rings. The summed E-state index contributed by atoms with van der Waals surface area (Å²) in [4.78, 5) is 22.9. The molecule has 34 heavy (non-hydrogen) atoms. The van der Waals surface area contributed by atoms with Gasteiger partial charge in [0.05, 0.1) is 16.7 Å². The zero-order valence-corrected chi connectivity index (χ0v) is 18.4. The van der Waals surface area contributed by atoms with E-state index in [4.69, 9.17) is 20.8 Å². The van der Waals surface area contributed by atoms with Crippen LogP contribution in [0.2, 0.25) is 5.02 Å². The van der Waals surface area contributed by atoms with Crippen molar-refractivity contribution in [3.63, 3.8) is 0 Å². The van der Waals surface area contributed by atoms with Gasteiger partial charge < -0.3 is 9.15 Å². The smallest absolute Gasteiger partial charge is 0.275 e. The molecule has 0 unspecified atom stereocenters. The molecule has 0 atom stereocenters. The molecule has 0 saturated heterocycles. The molecule has 0 aliphatic carbocycles. The molecule has 1 heterocycles. The molecule has 1 aromatic heterocycles. The number of amides is 1. The normalized spacial score (nSPS) is 10.9. The minimum Gasteiger partial charge on any atom is -0.488 e. The van der Waals surface area contributed by atoms with Crippen molar-refractivity contribution in [3.8, 4) is 17.1 Å². The SMILES string of the molecule is O=C(N/N=C/c1ccc(-c2ccc([N+](=O)[O-])cc2)o1)c1ccccc1OCc1ccccc1Cl. The van der Waals surface area contributed by atoms with E-state index in [9.17, 15) is 14.9 Å². The number of nitro benzene ring substituents is 1. The molecule has 3 aromatic carbocycles. The fraction of sp³-hybridized carbons (Fsp3) is 0.0400. The van der Waals surface area contributed by atoms with Crippen LogP contribution in [0, 0.1) is 10.1 Å². The average Bonchev–Trinajstić information content (AvgIpc) is 3.32. The number of rotatable bonds is 8. The first-order valence-electron chi connectivity index (χ1n) is 10.1. The molecule has 4 aromatic rings. The van der Waals surface area contributed by atoms with Gasteiger partial charge in [0.2, 0.25) is 0 Å². The van der Waals surface area contributed by atoms with Crippen LogP contribution in [-0.4, -0.2) is 17.0 Å². The molecular formula is C25H18ClN3O5. The Hall–Kier alpha value is -4.43. The minimum atomic E-state index is -0.466. The summed E-state index contributed by atoms with van der Waals surface area (Å²) in [7, 11) is 0. The number of carbonyl (C=O) groups is 1. The first-order chi connectivity index (χ1) is 16.5. The van der Waals surface area contributed by atoms with Gasteiger partial charge in [-0.3, -0.25) is 14.9 Å². The maximum absolute atomic E-state index is 12.6. The van der Waals surface area contributed by atoms with Gasteiger partial charge in [0.1, 0.15) is 23.9 Å². The second kappa shape index (κ2) is 10.5. The van der Waals surface area contributed by atoms with E-state index < -0.39 is 10.8 Å². The number of hydrogen-bond acceptors (Lipinski definition) is 6. The van der Waals surface area contributed by atoms with E-state index in [1.807, 2.05) is 18.2 Å². The predicted molar refractivity (Wildman–Crippen MR) is 128 cm³/mol. The summed E-state index contributed by atoms with van der Waals surface area (Å²) in [6.07, 6.45) is 1.36. The number of nitrogens with zero attached hydrogens (tertiary/aromatic N) is 2. The number of ether oxygens (including phenoxy) is 1. The van der Waals surface area contributed by atoms with E-state index in [-0.39, 0.29) is 12.3 Å². The zero-order chi connectivity index (χ0) is 23.9. The number of carbonyl (C=O) groups excluding carboxylic acids is 1. The third-order valence-electron chi connectivity index (χ3n) is 4.82. The lowest BCUT2D eigenvalue weighted by atomic mass is 10.1. The van der Waals surface area contributed by atoms with Gasteiger partial charge in [-0.2, -0.15) is 5.10 Å². The van der Waals surface area contributed by atoms with Crippen molar-refractivity contribution in [2.24, 2.45) is 5.10 Å². The zero-order valence-electron chi connectivity index (χ0n) is 17.7. The van der Waals surface area contributed by atoms with Crippen molar-refractivity contribution in [3.05, 3.63) is 117 Å². The average molecular weight is 476 g/mol. The van der Waals surface area contributed by atoms with E-state index in [2.05, 4.69) is 10.5 Å². The van der Waals surface area contributed by atoms with E-state index >= 15 is 0 Å². The molecule has 0 radical (unpaired) electrons. The summed E-state index contributed by atoms with van der Waals surface area (Å²) < 4.78 is 11.5. The van der Waals surface area contributed by atoms with E-state index in [1.165, 1.54) is 18.3 Å². The highest BCUT2D eigenvalue weighted by molar-refractivity contribution is 6.31. The first-order valence-corrected chi connectivity index (χ1v) is 10.5. The third kappa shape index (κ3) is 5.48. The minimum absolute atomic E-state index is 0.00377. The number of furan rings is 1. The van der Waals surface area contributed by atoms with Crippen LogP contribution in [0.1, 0.15) is 21.7 Å². The van der Waals surface area contributed by atoms with Gasteiger partial charge >= 0.3 is 0 Å². The fourth-order valence-electron chi connectivity index (χ4n) is 3.09. The Labute approximate surface area is 199 Å². The van der Waals surface area contributed by atoms with E-state index in [0.29, 0.717) is 33.4 Å². The number of hydrazone groups is 1. The number of nitro groups is 1. The van der Waals surface area contributed by atoms with Crippen LogP contribution in [0.15, 0.2) is 94.4 Å². The molecule has 0 aliphatic rings. The molecule has 1 N–H and O–H groups in total. The monoisotopic (exact) mass is 475 g/mol. The molecule has 0 saturated carbocycles. The quantitative estimate of drug-likeness (QED) is 0.195. The molecule has 170 valence electrons. The number of non-ortho nitro benzene ring substituents is 1. The third-order valence-corrected chi connectivity index (χ3v) is 5.19. The van der Waals surface area contributed by atoms with Gasteiger partial charge in [0.15, 0.2) is 0 Å². The maximum atomic E-state index is 12.6. The van der Waals surface area contributed by atoms with Crippen molar-refractivity contribution in [1.29, 1.82) is 0 Å². The first kappa shape index (κ1) is 22.8. The number of benzene rings is 3. The summed E-state index contributed by atoms with van der Waals surface area (Å²) in [5.41, 5.74) is 4.25. The van der Waals surface area contributed by atoms with Gasteiger partial charge in [0.25, 0.3) is 11.6 Å². The van der Waals surface area contributed by atoms with Crippen LogP contribution in [0.3, 0.4) is 0 Å². The second-order valence-electron chi connectivity index (χ2n) is 7.08. The topological polar surface area (TPSA) is 107 Å². The maximum Gasteiger partial charge on any atom is 0.275 e. The highest BCUT2D eigenvalue weighted by Crippen LogP contribution is 2.24. The van der Waals surface area contributed by atoms with Crippen LogP contribution < -0.4 is 10.2 Å². The van der Waals surface area contributed by atoms with Gasteiger partial charge in [-0.1, -0.05) is 41.9 Å². The van der Waals surface area contributed by atoms with Crippen LogP contribution in [0.25, 0.3) is 11.3 Å². The van der Waals surface area contributed by atoms with Crippen LogP contribution >= 0.6 is 11.6 Å². The van der Waals surface area contributed by atoms with Gasteiger partial charge in [-0.05, 0) is 42.5 Å². The molecule has 9 heteroatoms. The van der Waals surface area contributed by atoms with Crippen LogP contribution in [-0.2, 0) is 6.61 Å². The Bertz CT molecular complexity index is 1350. The Kier molecular flexibility index (Phi) is 7.00. The van der Waals surface area contributed by atoms with Crippen molar-refractivity contribution >= 4 is 29.4 Å². The van der Waals surface area contributed by atoms with E-state index in [1.54, 1.807) is 54.6 Å². The van der Waals surface area contributed by atoms with Crippen molar-refractivity contribution in [2.75, 3.05) is 0 Å². The van der Waals surface area contributed by atoms with Crippen molar-refractivity contribution < 1.29 is 18.9 Å².